The molecule has 1 aromatic heterocycles. The third kappa shape index (κ3) is 2.58. The molecule has 0 saturated heterocycles. The van der Waals surface area contributed by atoms with Gasteiger partial charge in [0.05, 0.1) is 5.52 Å². The monoisotopic (exact) mass is 283 g/mol. The summed E-state index contributed by atoms with van der Waals surface area (Å²) in [6, 6.07) is 9.80. The van der Waals surface area contributed by atoms with Gasteiger partial charge in [-0.25, -0.2) is 0 Å². The largest absolute Gasteiger partial charge is 0.370 e. The number of hydrogen-bond donors (Lipinski definition) is 0. The zero-order valence-electron chi connectivity index (χ0n) is 12.6. The summed E-state index contributed by atoms with van der Waals surface area (Å²) in [6.07, 6.45) is 5.37. The summed E-state index contributed by atoms with van der Waals surface area (Å²) in [7, 11) is 1.66. The molecule has 0 amide bonds. The number of Topliss-reactive ketones (excluding diaryl/α,β-unsaturated/α-hetero) is 1. The molecular weight excluding hydrogens is 262 g/mol. The van der Waals surface area contributed by atoms with E-state index < -0.39 is 5.60 Å². The molecular formula is C18H21NO2. The molecule has 110 valence electrons. The number of pyridine rings is 1. The number of fused-ring (bicyclic) bond motifs is 1. The number of hydrogen-bond acceptors (Lipinski definition) is 3. The third-order valence-corrected chi connectivity index (χ3v) is 4.74. The molecule has 3 rings (SSSR count). The molecule has 2 aromatic rings. The molecule has 0 radical (unpaired) electrons. The quantitative estimate of drug-likeness (QED) is 0.799. The van der Waals surface area contributed by atoms with Crippen molar-refractivity contribution in [3.05, 3.63) is 42.1 Å². The van der Waals surface area contributed by atoms with Crippen LogP contribution in [0.5, 0.6) is 0 Å². The molecule has 1 aromatic carbocycles. The first-order chi connectivity index (χ1) is 10.1. The van der Waals surface area contributed by atoms with E-state index in [1.54, 1.807) is 13.3 Å². The topological polar surface area (TPSA) is 39.2 Å². The van der Waals surface area contributed by atoms with Crippen LogP contribution >= 0.6 is 0 Å². The van der Waals surface area contributed by atoms with E-state index in [9.17, 15) is 4.79 Å². The zero-order chi connectivity index (χ0) is 14.9. The maximum absolute atomic E-state index is 12.9. The lowest BCUT2D eigenvalue weighted by Crippen LogP contribution is -2.43. The van der Waals surface area contributed by atoms with Gasteiger partial charge in [0.2, 0.25) is 0 Å². The fourth-order valence-electron chi connectivity index (χ4n) is 3.21. The number of carbonyl (C=O) groups excluding carboxylic acids is 1. The van der Waals surface area contributed by atoms with Gasteiger partial charge >= 0.3 is 0 Å². The van der Waals surface area contributed by atoms with E-state index in [2.05, 4.69) is 11.9 Å². The van der Waals surface area contributed by atoms with Gasteiger partial charge < -0.3 is 4.74 Å². The van der Waals surface area contributed by atoms with Gasteiger partial charge in [-0.2, -0.15) is 0 Å². The summed E-state index contributed by atoms with van der Waals surface area (Å²) in [5.74, 6) is 0.756. The van der Waals surface area contributed by atoms with Gasteiger partial charge in [-0.15, -0.1) is 0 Å². The Labute approximate surface area is 125 Å². The van der Waals surface area contributed by atoms with E-state index in [0.29, 0.717) is 11.5 Å². The Morgan fingerprint density at radius 1 is 1.29 bits per heavy atom. The van der Waals surface area contributed by atoms with Crippen molar-refractivity contribution in [1.29, 1.82) is 0 Å². The van der Waals surface area contributed by atoms with Gasteiger partial charge in [0.25, 0.3) is 0 Å². The zero-order valence-corrected chi connectivity index (χ0v) is 12.6. The Kier molecular flexibility index (Phi) is 3.77. The van der Waals surface area contributed by atoms with Crippen molar-refractivity contribution in [2.45, 2.75) is 38.2 Å². The minimum absolute atomic E-state index is 0.0788. The van der Waals surface area contributed by atoms with Crippen molar-refractivity contribution in [2.75, 3.05) is 7.11 Å². The molecule has 1 saturated carbocycles. The molecule has 1 aliphatic rings. The summed E-state index contributed by atoms with van der Waals surface area (Å²) in [5, 5.41) is 0.999. The highest BCUT2D eigenvalue weighted by atomic mass is 16.5. The maximum atomic E-state index is 12.9. The highest BCUT2D eigenvalue weighted by molar-refractivity contribution is 6.04. The van der Waals surface area contributed by atoms with E-state index in [1.165, 1.54) is 0 Å². The van der Waals surface area contributed by atoms with E-state index in [1.807, 2.05) is 30.3 Å². The molecule has 1 aliphatic carbocycles. The van der Waals surface area contributed by atoms with Crippen molar-refractivity contribution in [3.63, 3.8) is 0 Å². The molecule has 21 heavy (non-hydrogen) atoms. The van der Waals surface area contributed by atoms with Crippen LogP contribution in [-0.2, 0) is 4.74 Å². The van der Waals surface area contributed by atoms with Crippen molar-refractivity contribution < 1.29 is 9.53 Å². The molecule has 1 heterocycles. The minimum atomic E-state index is -0.656. The van der Waals surface area contributed by atoms with Gasteiger partial charge in [0.1, 0.15) is 5.60 Å². The van der Waals surface area contributed by atoms with Gasteiger partial charge in [0.15, 0.2) is 5.78 Å². The maximum Gasteiger partial charge on any atom is 0.196 e. The molecule has 3 heteroatoms. The van der Waals surface area contributed by atoms with Gasteiger partial charge in [-0.1, -0.05) is 25.1 Å². The third-order valence-electron chi connectivity index (χ3n) is 4.74. The molecule has 0 bridgehead atoms. The average Bonchev–Trinajstić information content (AvgIpc) is 2.55. The highest BCUT2D eigenvalue weighted by Gasteiger charge is 2.41. The summed E-state index contributed by atoms with van der Waals surface area (Å²) in [4.78, 5) is 17.3. The number of ether oxygens (including phenoxy) is 1. The van der Waals surface area contributed by atoms with Gasteiger partial charge in [0, 0.05) is 24.3 Å². The number of aromatic nitrogens is 1. The lowest BCUT2D eigenvalue weighted by Gasteiger charge is -2.36. The van der Waals surface area contributed by atoms with Crippen LogP contribution < -0.4 is 0 Å². The van der Waals surface area contributed by atoms with Crippen LogP contribution in [0.3, 0.4) is 0 Å². The Bertz CT molecular complexity index is 657. The van der Waals surface area contributed by atoms with Crippen LogP contribution in [0.25, 0.3) is 10.9 Å². The fraction of sp³-hybridized carbons (Fsp3) is 0.444. The van der Waals surface area contributed by atoms with E-state index in [4.69, 9.17) is 4.74 Å². The van der Waals surface area contributed by atoms with Crippen LogP contribution in [0.4, 0.5) is 0 Å². The SMILES string of the molecule is COC1(C(=O)c2cnc3ccccc3c2)CCC(C)CC1. The lowest BCUT2D eigenvalue weighted by molar-refractivity contribution is -0.0263. The van der Waals surface area contributed by atoms with Crippen molar-refractivity contribution in [2.24, 2.45) is 5.92 Å². The summed E-state index contributed by atoms with van der Waals surface area (Å²) >= 11 is 0. The molecule has 0 N–H and O–H groups in total. The molecule has 0 aliphatic heterocycles. The van der Waals surface area contributed by atoms with Crippen LogP contribution in [0.15, 0.2) is 36.5 Å². The summed E-state index contributed by atoms with van der Waals surface area (Å²) in [6.45, 7) is 2.24. The molecule has 3 nitrogen and oxygen atoms in total. The Balaban J connectivity index is 1.95. The van der Waals surface area contributed by atoms with Crippen molar-refractivity contribution in [3.8, 4) is 0 Å². The average molecular weight is 283 g/mol. The van der Waals surface area contributed by atoms with E-state index >= 15 is 0 Å². The minimum Gasteiger partial charge on any atom is -0.370 e. The summed E-state index contributed by atoms with van der Waals surface area (Å²) in [5.41, 5.74) is 0.916. The van der Waals surface area contributed by atoms with Crippen LogP contribution in [0.2, 0.25) is 0 Å². The molecule has 0 atom stereocenters. The molecule has 1 fully saturated rings. The highest BCUT2D eigenvalue weighted by Crippen LogP contribution is 2.37. The normalized spacial score (nSPS) is 25.9. The van der Waals surface area contributed by atoms with Gasteiger partial charge in [-0.3, -0.25) is 9.78 Å². The van der Waals surface area contributed by atoms with Crippen molar-refractivity contribution >= 4 is 16.7 Å². The second-order valence-corrected chi connectivity index (χ2v) is 6.13. The molecule has 0 unspecified atom stereocenters. The standard InChI is InChI=1S/C18H21NO2/c1-13-7-9-18(21-2,10-8-13)17(20)15-11-14-5-3-4-6-16(14)19-12-15/h3-6,11-13H,7-10H2,1-2H3. The predicted molar refractivity (Wildman–Crippen MR) is 83.4 cm³/mol. The number of benzene rings is 1. The number of rotatable bonds is 3. The first-order valence-corrected chi connectivity index (χ1v) is 7.59. The van der Waals surface area contributed by atoms with E-state index in [-0.39, 0.29) is 5.78 Å². The number of carbonyl (C=O) groups is 1. The first-order valence-electron chi connectivity index (χ1n) is 7.59. The smallest absolute Gasteiger partial charge is 0.196 e. The van der Waals surface area contributed by atoms with E-state index in [0.717, 1.165) is 36.6 Å². The number of para-hydroxylation sites is 1. The number of ketones is 1. The number of nitrogens with zero attached hydrogens (tertiary/aromatic N) is 1. The van der Waals surface area contributed by atoms with Gasteiger partial charge in [-0.05, 0) is 43.7 Å². The fourth-order valence-corrected chi connectivity index (χ4v) is 3.21. The number of methoxy groups -OCH3 is 1. The second kappa shape index (κ2) is 5.57. The molecule has 0 spiro atoms. The Morgan fingerprint density at radius 2 is 2.00 bits per heavy atom. The Morgan fingerprint density at radius 3 is 2.71 bits per heavy atom. The first kappa shape index (κ1) is 14.2. The van der Waals surface area contributed by atoms with Crippen LogP contribution in [0, 0.1) is 5.92 Å². The van der Waals surface area contributed by atoms with Crippen molar-refractivity contribution in [1.82, 2.24) is 4.98 Å². The predicted octanol–water partition coefficient (Wildman–Crippen LogP) is 4.01. The second-order valence-electron chi connectivity index (χ2n) is 6.13. The Hall–Kier alpha value is -1.74. The lowest BCUT2D eigenvalue weighted by atomic mass is 9.75. The van der Waals surface area contributed by atoms with Crippen LogP contribution in [-0.4, -0.2) is 23.5 Å². The van der Waals surface area contributed by atoms with Crippen LogP contribution in [0.1, 0.15) is 43.0 Å². The summed E-state index contributed by atoms with van der Waals surface area (Å²) < 4.78 is 5.68.